The lowest BCUT2D eigenvalue weighted by Crippen LogP contribution is -2.30. The largest absolute Gasteiger partial charge is 0.468 e. The number of esters is 1. The third-order valence-corrected chi connectivity index (χ3v) is 6.79. The summed E-state index contributed by atoms with van der Waals surface area (Å²) in [6.45, 7) is 2.26. The molecule has 29 heavy (non-hydrogen) atoms. The third-order valence-electron chi connectivity index (χ3n) is 5.64. The number of carbonyl (C=O) groups is 1. The van der Waals surface area contributed by atoms with E-state index in [2.05, 4.69) is 11.7 Å². The highest BCUT2D eigenvalue weighted by atomic mass is 32.2. The SMILES string of the molecule is CCCCCCCCCCCCCCCCCCCCC(C(=O)OC)S(=O)(=O)O. The molecule has 0 aromatic rings. The summed E-state index contributed by atoms with van der Waals surface area (Å²) in [5, 5.41) is -1.44. The summed E-state index contributed by atoms with van der Waals surface area (Å²) in [6, 6.07) is 0. The van der Waals surface area contributed by atoms with E-state index in [9.17, 15) is 13.2 Å². The number of carbonyl (C=O) groups excluding carboxylic acids is 1. The van der Waals surface area contributed by atoms with E-state index < -0.39 is 21.3 Å². The monoisotopic (exact) mass is 434 g/mol. The number of hydrogen-bond acceptors (Lipinski definition) is 4. The Morgan fingerprint density at radius 1 is 0.690 bits per heavy atom. The van der Waals surface area contributed by atoms with E-state index in [0.717, 1.165) is 26.4 Å². The van der Waals surface area contributed by atoms with E-state index in [4.69, 9.17) is 4.55 Å². The van der Waals surface area contributed by atoms with Gasteiger partial charge in [0, 0.05) is 0 Å². The summed E-state index contributed by atoms with van der Waals surface area (Å²) in [6.07, 6.45) is 22.9. The minimum absolute atomic E-state index is 0.129. The zero-order valence-electron chi connectivity index (χ0n) is 19.0. The molecular formula is C23H46O5S. The van der Waals surface area contributed by atoms with Crippen molar-refractivity contribution in [3.63, 3.8) is 0 Å². The fourth-order valence-corrected chi connectivity index (χ4v) is 4.56. The van der Waals surface area contributed by atoms with Crippen LogP contribution in [0.5, 0.6) is 0 Å². The molecule has 1 N–H and O–H groups in total. The Hall–Kier alpha value is -0.620. The zero-order chi connectivity index (χ0) is 21.8. The molecule has 0 spiro atoms. The van der Waals surface area contributed by atoms with Gasteiger partial charge in [-0.2, -0.15) is 8.42 Å². The van der Waals surface area contributed by atoms with Crippen LogP contribution in [-0.4, -0.2) is 31.3 Å². The first-order valence-electron chi connectivity index (χ1n) is 12.0. The van der Waals surface area contributed by atoms with Crippen LogP contribution in [0.25, 0.3) is 0 Å². The fourth-order valence-electron chi connectivity index (χ4n) is 3.75. The van der Waals surface area contributed by atoms with Crippen LogP contribution in [-0.2, 0) is 19.6 Å². The molecule has 5 nitrogen and oxygen atoms in total. The molecule has 0 bridgehead atoms. The quantitative estimate of drug-likeness (QED) is 0.121. The summed E-state index contributed by atoms with van der Waals surface area (Å²) in [5.41, 5.74) is 0. The van der Waals surface area contributed by atoms with Crippen molar-refractivity contribution in [3.05, 3.63) is 0 Å². The van der Waals surface area contributed by atoms with Crippen molar-refractivity contribution >= 4 is 16.1 Å². The number of ether oxygens (including phenoxy) is 1. The van der Waals surface area contributed by atoms with Gasteiger partial charge in [-0.1, -0.05) is 122 Å². The van der Waals surface area contributed by atoms with Gasteiger partial charge in [-0.15, -0.1) is 0 Å². The summed E-state index contributed by atoms with van der Waals surface area (Å²) in [4.78, 5) is 11.4. The van der Waals surface area contributed by atoms with Gasteiger partial charge in [-0.05, 0) is 6.42 Å². The first kappa shape index (κ1) is 28.4. The smallest absolute Gasteiger partial charge is 0.326 e. The van der Waals surface area contributed by atoms with E-state index in [1.54, 1.807) is 0 Å². The standard InChI is InChI=1S/C23H46O5S/c1-3-4-5-6-7-8-9-10-11-12-13-14-15-16-17-18-19-20-21-22(23(24)28-2)29(25,26)27/h22H,3-21H2,1-2H3,(H,25,26,27). The molecule has 174 valence electrons. The molecule has 0 saturated carbocycles. The molecular weight excluding hydrogens is 388 g/mol. The minimum Gasteiger partial charge on any atom is -0.468 e. The second kappa shape index (κ2) is 19.3. The maximum absolute atomic E-state index is 11.4. The van der Waals surface area contributed by atoms with Crippen LogP contribution in [0.1, 0.15) is 129 Å². The molecule has 0 fully saturated rings. The summed E-state index contributed by atoms with van der Waals surface area (Å²) in [5.74, 6) is -0.875. The van der Waals surface area contributed by atoms with Crippen LogP contribution < -0.4 is 0 Å². The molecule has 0 aliphatic heterocycles. The van der Waals surface area contributed by atoms with Crippen LogP contribution in [0.15, 0.2) is 0 Å². The summed E-state index contributed by atoms with van der Waals surface area (Å²) in [7, 11) is -3.24. The highest BCUT2D eigenvalue weighted by molar-refractivity contribution is 7.87. The van der Waals surface area contributed by atoms with Crippen LogP contribution in [0.4, 0.5) is 0 Å². The van der Waals surface area contributed by atoms with Gasteiger partial charge in [0.05, 0.1) is 7.11 Å². The van der Waals surface area contributed by atoms with Gasteiger partial charge in [-0.3, -0.25) is 9.35 Å². The summed E-state index contributed by atoms with van der Waals surface area (Å²) >= 11 is 0. The van der Waals surface area contributed by atoms with Crippen molar-refractivity contribution in [2.45, 2.75) is 134 Å². The van der Waals surface area contributed by atoms with Gasteiger partial charge in [-0.25, -0.2) is 0 Å². The van der Waals surface area contributed by atoms with Gasteiger partial charge in [0.15, 0.2) is 5.25 Å². The van der Waals surface area contributed by atoms with E-state index in [0.29, 0.717) is 6.42 Å². The number of hydrogen-bond donors (Lipinski definition) is 1. The lowest BCUT2D eigenvalue weighted by atomic mass is 10.0. The highest BCUT2D eigenvalue weighted by Gasteiger charge is 2.31. The van der Waals surface area contributed by atoms with Gasteiger partial charge in [0.1, 0.15) is 0 Å². The van der Waals surface area contributed by atoms with Crippen molar-refractivity contribution in [3.8, 4) is 0 Å². The molecule has 0 amide bonds. The third kappa shape index (κ3) is 17.9. The van der Waals surface area contributed by atoms with Crippen molar-refractivity contribution in [2.24, 2.45) is 0 Å². The Bertz CT molecular complexity index is 476. The molecule has 0 heterocycles. The molecule has 0 aromatic heterocycles. The average molecular weight is 435 g/mol. The second-order valence-corrected chi connectivity index (χ2v) is 9.92. The second-order valence-electron chi connectivity index (χ2n) is 8.33. The number of rotatable bonds is 21. The minimum atomic E-state index is -4.37. The van der Waals surface area contributed by atoms with E-state index in [-0.39, 0.29) is 6.42 Å². The Balaban J connectivity index is 3.36. The number of methoxy groups -OCH3 is 1. The molecule has 0 aliphatic carbocycles. The molecule has 0 aromatic carbocycles. The van der Waals surface area contributed by atoms with Crippen LogP contribution in [0, 0.1) is 0 Å². The summed E-state index contributed by atoms with van der Waals surface area (Å²) < 4.78 is 35.9. The maximum Gasteiger partial charge on any atom is 0.326 e. The van der Waals surface area contributed by atoms with Crippen molar-refractivity contribution in [1.82, 2.24) is 0 Å². The Morgan fingerprint density at radius 3 is 1.28 bits per heavy atom. The van der Waals surface area contributed by atoms with Gasteiger partial charge >= 0.3 is 5.97 Å². The van der Waals surface area contributed by atoms with E-state index in [1.807, 2.05) is 0 Å². The first-order chi connectivity index (χ1) is 13.9. The van der Waals surface area contributed by atoms with Crippen LogP contribution >= 0.6 is 0 Å². The van der Waals surface area contributed by atoms with Crippen molar-refractivity contribution < 1.29 is 22.5 Å². The maximum atomic E-state index is 11.4. The molecule has 1 unspecified atom stereocenters. The predicted octanol–water partition coefficient (Wildman–Crippen LogP) is 6.85. The van der Waals surface area contributed by atoms with Gasteiger partial charge in [0.2, 0.25) is 0 Å². The fraction of sp³-hybridized carbons (Fsp3) is 0.957. The lowest BCUT2D eigenvalue weighted by molar-refractivity contribution is -0.140. The Morgan fingerprint density at radius 2 is 1.00 bits per heavy atom. The molecule has 6 heteroatoms. The van der Waals surface area contributed by atoms with Crippen molar-refractivity contribution in [1.29, 1.82) is 0 Å². The average Bonchev–Trinajstić information content (AvgIpc) is 2.68. The predicted molar refractivity (Wildman–Crippen MR) is 121 cm³/mol. The lowest BCUT2D eigenvalue weighted by Gasteiger charge is -2.11. The van der Waals surface area contributed by atoms with E-state index >= 15 is 0 Å². The normalized spacial score (nSPS) is 12.8. The van der Waals surface area contributed by atoms with Gasteiger partial charge in [0.25, 0.3) is 10.1 Å². The first-order valence-corrected chi connectivity index (χ1v) is 13.5. The highest BCUT2D eigenvalue weighted by Crippen LogP contribution is 2.16. The zero-order valence-corrected chi connectivity index (χ0v) is 19.8. The number of unbranched alkanes of at least 4 members (excludes halogenated alkanes) is 17. The van der Waals surface area contributed by atoms with E-state index in [1.165, 1.54) is 89.9 Å². The Labute approximate surface area is 180 Å². The molecule has 0 aliphatic rings. The molecule has 0 saturated heterocycles. The van der Waals surface area contributed by atoms with Gasteiger partial charge < -0.3 is 4.74 Å². The molecule has 0 radical (unpaired) electrons. The molecule has 1 atom stereocenters. The topological polar surface area (TPSA) is 80.7 Å². The van der Waals surface area contributed by atoms with Crippen molar-refractivity contribution in [2.75, 3.05) is 7.11 Å². The van der Waals surface area contributed by atoms with Crippen LogP contribution in [0.3, 0.4) is 0 Å². The Kier molecular flexibility index (Phi) is 18.9. The molecule has 0 rings (SSSR count). The van der Waals surface area contributed by atoms with Crippen LogP contribution in [0.2, 0.25) is 0 Å².